The SMILES string of the molecule is CCCN(CCC)C(=O)CCc1nc2ccccc2n1-c1ccccc1. The van der Waals surface area contributed by atoms with E-state index in [9.17, 15) is 4.79 Å². The second-order valence-electron chi connectivity index (χ2n) is 6.57. The summed E-state index contributed by atoms with van der Waals surface area (Å²) in [5, 5.41) is 0. The molecular formula is C22H27N3O. The number of hydrogen-bond acceptors (Lipinski definition) is 2. The van der Waals surface area contributed by atoms with Crippen molar-refractivity contribution in [1.82, 2.24) is 14.5 Å². The highest BCUT2D eigenvalue weighted by Crippen LogP contribution is 2.22. The maximum Gasteiger partial charge on any atom is 0.223 e. The molecule has 1 heterocycles. The van der Waals surface area contributed by atoms with Crippen molar-refractivity contribution in [1.29, 1.82) is 0 Å². The molecule has 0 aliphatic carbocycles. The van der Waals surface area contributed by atoms with Gasteiger partial charge in [0, 0.05) is 31.6 Å². The molecule has 0 saturated heterocycles. The van der Waals surface area contributed by atoms with Crippen molar-refractivity contribution in [3.8, 4) is 5.69 Å². The summed E-state index contributed by atoms with van der Waals surface area (Å²) in [6.45, 7) is 5.90. The number of aryl methyl sites for hydroxylation is 1. The lowest BCUT2D eigenvalue weighted by atomic mass is 10.2. The van der Waals surface area contributed by atoms with Crippen LogP contribution in [0.4, 0.5) is 0 Å². The number of aromatic nitrogens is 2. The second kappa shape index (κ2) is 8.65. The summed E-state index contributed by atoms with van der Waals surface area (Å²) in [6.07, 6.45) is 3.13. The summed E-state index contributed by atoms with van der Waals surface area (Å²) in [5.74, 6) is 1.17. The van der Waals surface area contributed by atoms with E-state index in [4.69, 9.17) is 4.98 Å². The Morgan fingerprint density at radius 3 is 2.31 bits per heavy atom. The Labute approximate surface area is 155 Å². The molecular weight excluding hydrogens is 322 g/mol. The first kappa shape index (κ1) is 18.2. The number of carbonyl (C=O) groups is 1. The fourth-order valence-corrected chi connectivity index (χ4v) is 3.39. The Morgan fingerprint density at radius 1 is 0.962 bits per heavy atom. The van der Waals surface area contributed by atoms with Gasteiger partial charge in [-0.15, -0.1) is 0 Å². The summed E-state index contributed by atoms with van der Waals surface area (Å²) in [7, 11) is 0. The molecule has 4 heteroatoms. The summed E-state index contributed by atoms with van der Waals surface area (Å²) in [4.78, 5) is 19.4. The van der Waals surface area contributed by atoms with Gasteiger partial charge >= 0.3 is 0 Å². The average molecular weight is 349 g/mol. The number of hydrogen-bond donors (Lipinski definition) is 0. The molecule has 0 spiro atoms. The van der Waals surface area contributed by atoms with Crippen LogP contribution in [0, 0.1) is 0 Å². The van der Waals surface area contributed by atoms with Crippen LogP contribution in [0.2, 0.25) is 0 Å². The maximum absolute atomic E-state index is 12.6. The third kappa shape index (κ3) is 3.96. The quantitative estimate of drug-likeness (QED) is 0.596. The lowest BCUT2D eigenvalue weighted by molar-refractivity contribution is -0.131. The first-order valence-electron chi connectivity index (χ1n) is 9.54. The van der Waals surface area contributed by atoms with Crippen molar-refractivity contribution in [2.75, 3.05) is 13.1 Å². The van der Waals surface area contributed by atoms with E-state index >= 15 is 0 Å². The minimum atomic E-state index is 0.223. The van der Waals surface area contributed by atoms with Crippen LogP contribution in [-0.4, -0.2) is 33.4 Å². The lowest BCUT2D eigenvalue weighted by Gasteiger charge is -2.21. The number of imidazole rings is 1. The fraction of sp³-hybridized carbons (Fsp3) is 0.364. The van der Waals surface area contributed by atoms with Crippen LogP contribution in [0.1, 0.15) is 38.9 Å². The number of benzene rings is 2. The van der Waals surface area contributed by atoms with Crippen LogP contribution in [0.15, 0.2) is 54.6 Å². The van der Waals surface area contributed by atoms with Gasteiger partial charge in [-0.3, -0.25) is 9.36 Å². The predicted molar refractivity (Wildman–Crippen MR) is 107 cm³/mol. The van der Waals surface area contributed by atoms with E-state index in [0.29, 0.717) is 12.8 Å². The minimum absolute atomic E-state index is 0.223. The van der Waals surface area contributed by atoms with Gasteiger partial charge in [-0.05, 0) is 37.1 Å². The molecule has 0 bridgehead atoms. The second-order valence-corrected chi connectivity index (χ2v) is 6.57. The number of rotatable bonds is 8. The van der Waals surface area contributed by atoms with Crippen LogP contribution in [0.5, 0.6) is 0 Å². The van der Waals surface area contributed by atoms with Crippen molar-refractivity contribution in [2.45, 2.75) is 39.5 Å². The summed E-state index contributed by atoms with van der Waals surface area (Å²) < 4.78 is 2.17. The van der Waals surface area contributed by atoms with Gasteiger partial charge in [0.1, 0.15) is 5.82 Å². The predicted octanol–water partition coefficient (Wildman–Crippen LogP) is 4.61. The number of fused-ring (bicyclic) bond motifs is 1. The third-order valence-electron chi connectivity index (χ3n) is 4.55. The molecule has 1 amide bonds. The molecule has 0 atom stereocenters. The molecule has 0 aliphatic rings. The van der Waals surface area contributed by atoms with Crippen molar-refractivity contribution >= 4 is 16.9 Å². The Hall–Kier alpha value is -2.62. The molecule has 3 aromatic rings. The van der Waals surface area contributed by atoms with Crippen LogP contribution in [-0.2, 0) is 11.2 Å². The average Bonchev–Trinajstić information content (AvgIpc) is 3.05. The van der Waals surface area contributed by atoms with E-state index < -0.39 is 0 Å². The number of carbonyl (C=O) groups excluding carboxylic acids is 1. The van der Waals surface area contributed by atoms with E-state index in [1.54, 1.807) is 0 Å². The topological polar surface area (TPSA) is 38.1 Å². The van der Waals surface area contributed by atoms with Gasteiger partial charge in [-0.25, -0.2) is 4.98 Å². The number of nitrogens with zero attached hydrogens (tertiary/aromatic N) is 3. The standard InChI is InChI=1S/C22H27N3O/c1-3-16-24(17-4-2)22(26)15-14-21-23-19-12-8-9-13-20(19)25(21)18-10-6-5-7-11-18/h5-13H,3-4,14-17H2,1-2H3. The van der Waals surface area contributed by atoms with Crippen LogP contribution >= 0.6 is 0 Å². The summed E-state index contributed by atoms with van der Waals surface area (Å²) in [5.41, 5.74) is 3.14. The Kier molecular flexibility index (Phi) is 6.05. The molecule has 0 aliphatic heterocycles. The zero-order valence-corrected chi connectivity index (χ0v) is 15.7. The van der Waals surface area contributed by atoms with Crippen LogP contribution < -0.4 is 0 Å². The molecule has 1 aromatic heterocycles. The van der Waals surface area contributed by atoms with Gasteiger partial charge in [0.25, 0.3) is 0 Å². The van der Waals surface area contributed by atoms with Crippen molar-refractivity contribution in [2.24, 2.45) is 0 Å². The van der Waals surface area contributed by atoms with Gasteiger partial charge in [0.05, 0.1) is 11.0 Å². The van der Waals surface area contributed by atoms with Gasteiger partial charge in [-0.1, -0.05) is 44.2 Å². The molecule has 0 N–H and O–H groups in total. The highest BCUT2D eigenvalue weighted by Gasteiger charge is 2.16. The van der Waals surface area contributed by atoms with Gasteiger partial charge < -0.3 is 4.90 Å². The molecule has 0 saturated carbocycles. The van der Waals surface area contributed by atoms with Gasteiger partial charge in [0.2, 0.25) is 5.91 Å². The van der Waals surface area contributed by atoms with E-state index in [1.807, 2.05) is 41.3 Å². The highest BCUT2D eigenvalue weighted by atomic mass is 16.2. The summed E-state index contributed by atoms with van der Waals surface area (Å²) >= 11 is 0. The molecule has 26 heavy (non-hydrogen) atoms. The number of para-hydroxylation sites is 3. The van der Waals surface area contributed by atoms with E-state index in [0.717, 1.165) is 48.5 Å². The highest BCUT2D eigenvalue weighted by molar-refractivity contribution is 5.79. The van der Waals surface area contributed by atoms with Crippen LogP contribution in [0.25, 0.3) is 16.7 Å². The first-order valence-corrected chi connectivity index (χ1v) is 9.54. The zero-order valence-electron chi connectivity index (χ0n) is 15.7. The zero-order chi connectivity index (χ0) is 18.4. The largest absolute Gasteiger partial charge is 0.343 e. The fourth-order valence-electron chi connectivity index (χ4n) is 3.39. The molecule has 3 rings (SSSR count). The van der Waals surface area contributed by atoms with Gasteiger partial charge in [-0.2, -0.15) is 0 Å². The summed E-state index contributed by atoms with van der Waals surface area (Å²) in [6, 6.07) is 18.4. The Morgan fingerprint density at radius 2 is 1.62 bits per heavy atom. The third-order valence-corrected chi connectivity index (χ3v) is 4.55. The molecule has 0 unspecified atom stereocenters. The van der Waals surface area contributed by atoms with Crippen molar-refractivity contribution < 1.29 is 4.79 Å². The first-order chi connectivity index (χ1) is 12.7. The lowest BCUT2D eigenvalue weighted by Crippen LogP contribution is -2.32. The van der Waals surface area contributed by atoms with Crippen LogP contribution in [0.3, 0.4) is 0 Å². The monoisotopic (exact) mass is 349 g/mol. The molecule has 2 aromatic carbocycles. The molecule has 4 nitrogen and oxygen atoms in total. The van der Waals surface area contributed by atoms with E-state index in [-0.39, 0.29) is 5.91 Å². The Balaban J connectivity index is 1.87. The molecule has 136 valence electrons. The Bertz CT molecular complexity index is 848. The van der Waals surface area contributed by atoms with Crippen molar-refractivity contribution in [3.63, 3.8) is 0 Å². The molecule has 0 radical (unpaired) electrons. The van der Waals surface area contributed by atoms with E-state index in [2.05, 4.69) is 36.6 Å². The van der Waals surface area contributed by atoms with E-state index in [1.165, 1.54) is 0 Å². The normalized spacial score (nSPS) is 11.0. The minimum Gasteiger partial charge on any atom is -0.343 e. The maximum atomic E-state index is 12.6. The molecule has 0 fully saturated rings. The van der Waals surface area contributed by atoms with Crippen molar-refractivity contribution in [3.05, 3.63) is 60.4 Å². The van der Waals surface area contributed by atoms with Gasteiger partial charge in [0.15, 0.2) is 0 Å². The number of amides is 1. The smallest absolute Gasteiger partial charge is 0.223 e.